The van der Waals surface area contributed by atoms with Gasteiger partial charge >= 0.3 is 0 Å². The Hall–Kier alpha value is -0.450. The van der Waals surface area contributed by atoms with Crippen LogP contribution in [0.1, 0.15) is 31.9 Å². The molecule has 2 nitrogen and oxygen atoms in total. The van der Waals surface area contributed by atoms with Gasteiger partial charge in [0.05, 0.1) is 4.47 Å². The molecule has 102 valence electrons. The van der Waals surface area contributed by atoms with E-state index in [4.69, 9.17) is 5.73 Å². The van der Waals surface area contributed by atoms with E-state index in [1.165, 1.54) is 6.07 Å². The molecule has 0 heterocycles. The molecule has 1 aromatic carbocycles. The number of halogens is 2. The van der Waals surface area contributed by atoms with E-state index >= 15 is 0 Å². The van der Waals surface area contributed by atoms with E-state index in [0.717, 1.165) is 18.5 Å². The van der Waals surface area contributed by atoms with Gasteiger partial charge in [-0.3, -0.25) is 4.90 Å². The van der Waals surface area contributed by atoms with Gasteiger partial charge in [0.1, 0.15) is 5.82 Å². The fraction of sp³-hybridized carbons (Fsp3) is 0.571. The van der Waals surface area contributed by atoms with Crippen molar-refractivity contribution in [1.29, 1.82) is 0 Å². The van der Waals surface area contributed by atoms with Crippen molar-refractivity contribution in [3.63, 3.8) is 0 Å². The normalized spacial score (nSPS) is 13.3. The van der Waals surface area contributed by atoms with Gasteiger partial charge in [-0.25, -0.2) is 4.39 Å². The van der Waals surface area contributed by atoms with Crippen molar-refractivity contribution in [3.05, 3.63) is 34.1 Å². The molecule has 0 aliphatic carbocycles. The Balaban J connectivity index is 2.78. The molecule has 0 aliphatic heterocycles. The minimum Gasteiger partial charge on any atom is -0.329 e. The molecule has 1 atom stereocenters. The second-order valence-electron chi connectivity index (χ2n) is 5.09. The van der Waals surface area contributed by atoms with E-state index < -0.39 is 0 Å². The van der Waals surface area contributed by atoms with Crippen molar-refractivity contribution in [3.8, 4) is 0 Å². The van der Waals surface area contributed by atoms with Crippen LogP contribution in [0.5, 0.6) is 0 Å². The summed E-state index contributed by atoms with van der Waals surface area (Å²) in [6.07, 6.45) is 1.13. The van der Waals surface area contributed by atoms with Crippen molar-refractivity contribution >= 4 is 15.9 Å². The van der Waals surface area contributed by atoms with E-state index in [1.807, 2.05) is 12.1 Å². The van der Waals surface area contributed by atoms with Crippen molar-refractivity contribution < 1.29 is 4.39 Å². The first-order valence-electron chi connectivity index (χ1n) is 6.31. The van der Waals surface area contributed by atoms with Crippen LogP contribution in [0.4, 0.5) is 4.39 Å². The summed E-state index contributed by atoms with van der Waals surface area (Å²) in [5.74, 6) is 0.435. The monoisotopic (exact) mass is 316 g/mol. The number of nitrogens with two attached hydrogens (primary N) is 1. The first kappa shape index (κ1) is 15.6. The van der Waals surface area contributed by atoms with Crippen molar-refractivity contribution in [2.24, 2.45) is 11.7 Å². The molecule has 0 amide bonds. The zero-order valence-corrected chi connectivity index (χ0v) is 12.9. The van der Waals surface area contributed by atoms with Crippen LogP contribution in [0.15, 0.2) is 22.7 Å². The van der Waals surface area contributed by atoms with E-state index in [9.17, 15) is 4.39 Å². The van der Waals surface area contributed by atoms with Crippen LogP contribution in [0.2, 0.25) is 0 Å². The zero-order valence-electron chi connectivity index (χ0n) is 11.3. The minimum atomic E-state index is -0.237. The third-order valence-corrected chi connectivity index (χ3v) is 3.75. The quantitative estimate of drug-likeness (QED) is 0.869. The van der Waals surface area contributed by atoms with Gasteiger partial charge in [0, 0.05) is 12.6 Å². The topological polar surface area (TPSA) is 29.3 Å². The molecule has 0 bridgehead atoms. The average molecular weight is 317 g/mol. The highest BCUT2D eigenvalue weighted by atomic mass is 79.9. The summed E-state index contributed by atoms with van der Waals surface area (Å²) in [4.78, 5) is 2.24. The standard InChI is InChI=1S/C14H22BrFN2/c1-10(2)6-7-18(3)14(9-17)11-4-5-13(16)12(15)8-11/h4-5,8,10,14H,6-7,9,17H2,1-3H3. The molecule has 0 saturated heterocycles. The van der Waals surface area contributed by atoms with Gasteiger partial charge < -0.3 is 5.73 Å². The Bertz CT molecular complexity index is 382. The first-order chi connectivity index (χ1) is 8.45. The lowest BCUT2D eigenvalue weighted by molar-refractivity contribution is 0.236. The molecule has 0 spiro atoms. The Morgan fingerprint density at radius 1 is 1.39 bits per heavy atom. The number of hydrogen-bond donors (Lipinski definition) is 1. The number of rotatable bonds is 6. The molecule has 4 heteroatoms. The fourth-order valence-corrected chi connectivity index (χ4v) is 2.30. The SMILES string of the molecule is CC(C)CCN(C)C(CN)c1ccc(F)c(Br)c1. The third kappa shape index (κ3) is 4.34. The van der Waals surface area contributed by atoms with E-state index in [-0.39, 0.29) is 11.9 Å². The van der Waals surface area contributed by atoms with Crippen LogP contribution in [-0.4, -0.2) is 25.0 Å². The lowest BCUT2D eigenvalue weighted by atomic mass is 10.0. The summed E-state index contributed by atoms with van der Waals surface area (Å²) in [6.45, 7) is 5.95. The Kier molecular flexibility index (Phi) is 6.26. The number of nitrogens with zero attached hydrogens (tertiary/aromatic N) is 1. The van der Waals surface area contributed by atoms with Crippen LogP contribution in [0.25, 0.3) is 0 Å². The second kappa shape index (κ2) is 7.22. The molecule has 0 fully saturated rings. The first-order valence-corrected chi connectivity index (χ1v) is 7.10. The summed E-state index contributed by atoms with van der Waals surface area (Å²) >= 11 is 3.22. The maximum atomic E-state index is 13.2. The number of benzene rings is 1. The maximum absolute atomic E-state index is 13.2. The summed E-state index contributed by atoms with van der Waals surface area (Å²) < 4.78 is 13.7. The molecule has 0 aliphatic rings. The summed E-state index contributed by atoms with van der Waals surface area (Å²) in [5.41, 5.74) is 6.90. The Morgan fingerprint density at radius 3 is 2.56 bits per heavy atom. The second-order valence-corrected chi connectivity index (χ2v) is 5.94. The molecule has 1 unspecified atom stereocenters. The summed E-state index contributed by atoms with van der Waals surface area (Å²) in [7, 11) is 2.07. The Morgan fingerprint density at radius 2 is 2.06 bits per heavy atom. The predicted molar refractivity (Wildman–Crippen MR) is 78.0 cm³/mol. The van der Waals surface area contributed by atoms with Gasteiger partial charge in [-0.2, -0.15) is 0 Å². The predicted octanol–water partition coefficient (Wildman–Crippen LogP) is 3.57. The van der Waals surface area contributed by atoms with Gasteiger partial charge in [-0.1, -0.05) is 19.9 Å². The number of likely N-dealkylation sites (N-methyl/N-ethyl adjacent to an activating group) is 1. The van der Waals surface area contributed by atoms with Gasteiger partial charge in [-0.05, 0) is 59.6 Å². The van der Waals surface area contributed by atoms with Gasteiger partial charge in [0.15, 0.2) is 0 Å². The molecule has 2 N–H and O–H groups in total. The van der Waals surface area contributed by atoms with Crippen LogP contribution >= 0.6 is 15.9 Å². The zero-order chi connectivity index (χ0) is 13.7. The van der Waals surface area contributed by atoms with Crippen molar-refractivity contribution in [2.75, 3.05) is 20.1 Å². The van der Waals surface area contributed by atoms with Crippen LogP contribution in [0.3, 0.4) is 0 Å². The van der Waals surface area contributed by atoms with E-state index in [0.29, 0.717) is 16.9 Å². The van der Waals surface area contributed by atoms with Crippen molar-refractivity contribution in [2.45, 2.75) is 26.3 Å². The molecule has 18 heavy (non-hydrogen) atoms. The minimum absolute atomic E-state index is 0.139. The molecular weight excluding hydrogens is 295 g/mol. The summed E-state index contributed by atoms with van der Waals surface area (Å²) in [5, 5.41) is 0. The largest absolute Gasteiger partial charge is 0.329 e. The third-order valence-electron chi connectivity index (χ3n) is 3.14. The highest BCUT2D eigenvalue weighted by Crippen LogP contribution is 2.24. The molecule has 1 rings (SSSR count). The molecule has 1 aromatic rings. The van der Waals surface area contributed by atoms with Crippen LogP contribution in [-0.2, 0) is 0 Å². The van der Waals surface area contributed by atoms with Crippen LogP contribution in [0, 0.1) is 11.7 Å². The van der Waals surface area contributed by atoms with Crippen molar-refractivity contribution in [1.82, 2.24) is 4.90 Å². The lowest BCUT2D eigenvalue weighted by Gasteiger charge is -2.28. The van der Waals surface area contributed by atoms with Gasteiger partial charge in [0.25, 0.3) is 0 Å². The smallest absolute Gasteiger partial charge is 0.137 e. The Labute approximate surface area is 117 Å². The van der Waals surface area contributed by atoms with E-state index in [2.05, 4.69) is 41.7 Å². The molecule has 0 radical (unpaired) electrons. The number of hydrogen-bond acceptors (Lipinski definition) is 2. The fourth-order valence-electron chi connectivity index (χ4n) is 1.91. The van der Waals surface area contributed by atoms with Gasteiger partial charge in [0.2, 0.25) is 0 Å². The molecule has 0 saturated carbocycles. The highest BCUT2D eigenvalue weighted by Gasteiger charge is 2.16. The molecule has 0 aromatic heterocycles. The molecular formula is C14H22BrFN2. The van der Waals surface area contributed by atoms with Crippen LogP contribution < -0.4 is 5.73 Å². The summed E-state index contributed by atoms with van der Waals surface area (Å²) in [6, 6.07) is 5.25. The maximum Gasteiger partial charge on any atom is 0.137 e. The average Bonchev–Trinajstić information content (AvgIpc) is 2.32. The lowest BCUT2D eigenvalue weighted by Crippen LogP contribution is -2.31. The highest BCUT2D eigenvalue weighted by molar-refractivity contribution is 9.10. The van der Waals surface area contributed by atoms with E-state index in [1.54, 1.807) is 0 Å². The van der Waals surface area contributed by atoms with Gasteiger partial charge in [-0.15, -0.1) is 0 Å².